The van der Waals surface area contributed by atoms with Crippen molar-refractivity contribution in [3.63, 3.8) is 0 Å². The lowest BCUT2D eigenvalue weighted by atomic mass is 9.96. The van der Waals surface area contributed by atoms with Crippen molar-refractivity contribution in [2.24, 2.45) is 5.92 Å². The fourth-order valence-electron chi connectivity index (χ4n) is 5.09. The van der Waals surface area contributed by atoms with Gasteiger partial charge in [-0.05, 0) is 43.7 Å². The maximum atomic E-state index is 14.3. The van der Waals surface area contributed by atoms with E-state index in [0.29, 0.717) is 29.0 Å². The summed E-state index contributed by atoms with van der Waals surface area (Å²) in [6.45, 7) is 11.8. The molecule has 0 bridgehead atoms. The Bertz CT molecular complexity index is 1600. The molecule has 1 amide bonds. The summed E-state index contributed by atoms with van der Waals surface area (Å²) in [4.78, 5) is 14.4. The van der Waals surface area contributed by atoms with Gasteiger partial charge in [0.15, 0.2) is 5.76 Å². The number of anilines is 1. The van der Waals surface area contributed by atoms with Crippen molar-refractivity contribution in [2.75, 3.05) is 37.4 Å². The largest absolute Gasteiger partial charge is 0.494 e. The van der Waals surface area contributed by atoms with E-state index in [4.69, 9.17) is 13.9 Å². The van der Waals surface area contributed by atoms with E-state index in [1.165, 1.54) is 35.8 Å². The normalized spacial score (nSPS) is 18.9. The van der Waals surface area contributed by atoms with Gasteiger partial charge in [0.2, 0.25) is 27.7 Å². The highest BCUT2D eigenvalue weighted by molar-refractivity contribution is 7.92. The molecule has 1 saturated heterocycles. The van der Waals surface area contributed by atoms with Gasteiger partial charge in [-0.3, -0.25) is 9.36 Å². The number of methoxy groups -OCH3 is 2. The summed E-state index contributed by atoms with van der Waals surface area (Å²) in [5, 5.41) is 18.6. The predicted octanol–water partition coefficient (Wildman–Crippen LogP) is 4.34. The minimum Gasteiger partial charge on any atom is -0.494 e. The molecule has 0 aliphatic carbocycles. The highest BCUT2D eigenvalue weighted by atomic mass is 32.2. The van der Waals surface area contributed by atoms with Crippen molar-refractivity contribution in [1.29, 1.82) is 5.26 Å². The molecule has 1 fully saturated rings. The molecule has 1 aliphatic rings. The number of rotatable bonds is 13. The number of ether oxygens (including phenoxy) is 2. The Balaban J connectivity index is 1.86. The number of para-hydroxylation sites is 1. The molecule has 1 aromatic carbocycles. The maximum Gasteiger partial charge on any atom is 0.246 e. The van der Waals surface area contributed by atoms with Crippen LogP contribution in [-0.2, 0) is 14.8 Å². The van der Waals surface area contributed by atoms with Gasteiger partial charge in [-0.2, -0.15) is 5.26 Å². The number of carbonyl (C=O) groups is 1. The van der Waals surface area contributed by atoms with Crippen LogP contribution in [0.3, 0.4) is 0 Å². The Morgan fingerprint density at radius 2 is 1.88 bits per heavy atom. The molecular weight excluding hydrogens is 589 g/mol. The first-order valence-electron chi connectivity index (χ1n) is 13.9. The number of amides is 1. The fraction of sp³-hybridized carbons (Fsp3) is 0.448. The summed E-state index contributed by atoms with van der Waals surface area (Å²) in [6.07, 6.45) is 3.24. The summed E-state index contributed by atoms with van der Waals surface area (Å²) in [5.41, 5.74) is -0.751. The van der Waals surface area contributed by atoms with Crippen molar-refractivity contribution in [3.05, 3.63) is 49.2 Å². The van der Waals surface area contributed by atoms with Crippen LogP contribution in [0.5, 0.6) is 11.5 Å². The Hall–Kier alpha value is -4.09. The van der Waals surface area contributed by atoms with E-state index in [2.05, 4.69) is 42.5 Å². The quantitative estimate of drug-likeness (QED) is 0.200. The van der Waals surface area contributed by atoms with E-state index in [9.17, 15) is 18.5 Å². The number of nitriles is 1. The van der Waals surface area contributed by atoms with Crippen LogP contribution in [0.15, 0.2) is 53.7 Å². The lowest BCUT2D eigenvalue weighted by molar-refractivity contribution is -0.131. The molecule has 3 aromatic rings. The third kappa shape index (κ3) is 6.32. The highest BCUT2D eigenvalue weighted by Gasteiger charge is 2.47. The molecule has 43 heavy (non-hydrogen) atoms. The van der Waals surface area contributed by atoms with Gasteiger partial charge < -0.3 is 18.8 Å². The van der Waals surface area contributed by atoms with Gasteiger partial charge in [0.05, 0.1) is 38.2 Å². The molecule has 0 N–H and O–H groups in total. The van der Waals surface area contributed by atoms with Gasteiger partial charge in [-0.25, -0.2) is 12.7 Å². The average Bonchev–Trinajstić information content (AvgIpc) is 3.69. The van der Waals surface area contributed by atoms with Gasteiger partial charge in [0.25, 0.3) is 0 Å². The molecule has 2 atom stereocenters. The van der Waals surface area contributed by atoms with E-state index in [1.807, 2.05) is 0 Å². The lowest BCUT2D eigenvalue weighted by Gasteiger charge is -2.31. The third-order valence-electron chi connectivity index (χ3n) is 7.53. The molecule has 0 saturated carbocycles. The molecule has 14 heteroatoms. The van der Waals surface area contributed by atoms with E-state index < -0.39 is 35.3 Å². The standard InChI is InChI=1S/C29H38N6O6SSi/c1-8-21-19-29(2,20-30)33(27(21)36)14-17-42(37,38)34(15-18-43(5,6)7)28-32-31-26(24-13-10-16-41-24)35(28)25-22(39-3)11-9-12-23(25)40-4/h8-13,16,21H,1,14-15,17-19H2,2-7H3/t21-,29-/m1/s1. The monoisotopic (exact) mass is 626 g/mol. The number of carbonyl (C=O) groups excluding carboxylic acids is 1. The number of sulfonamides is 1. The number of aromatic nitrogens is 3. The summed E-state index contributed by atoms with van der Waals surface area (Å²) in [7, 11) is -2.88. The topological polar surface area (TPSA) is 144 Å². The SMILES string of the molecule is C=C[C@@H]1C[C@](C)(C#N)N(CCS(=O)(=O)N(CC[Si](C)(C)C)c2nnc(-c3ccco3)n2-c2c(OC)cccc2OC)C1=O. The first-order chi connectivity index (χ1) is 20.3. The molecule has 0 unspecified atom stereocenters. The summed E-state index contributed by atoms with van der Waals surface area (Å²) < 4.78 is 48.4. The van der Waals surface area contributed by atoms with Crippen LogP contribution in [0.4, 0.5) is 5.95 Å². The summed E-state index contributed by atoms with van der Waals surface area (Å²) >= 11 is 0. The van der Waals surface area contributed by atoms with Crippen molar-refractivity contribution in [2.45, 2.75) is 44.6 Å². The van der Waals surface area contributed by atoms with Crippen LogP contribution < -0.4 is 13.8 Å². The Kier molecular flexibility index (Phi) is 9.07. The molecular formula is C29H38N6O6SSi. The Labute approximate surface area is 253 Å². The Morgan fingerprint density at radius 1 is 1.21 bits per heavy atom. The number of nitrogens with zero attached hydrogens (tertiary/aromatic N) is 6. The zero-order valence-corrected chi connectivity index (χ0v) is 27.2. The van der Waals surface area contributed by atoms with Gasteiger partial charge in [0, 0.05) is 21.2 Å². The van der Waals surface area contributed by atoms with Crippen LogP contribution in [0, 0.1) is 17.2 Å². The second kappa shape index (κ2) is 12.3. The Morgan fingerprint density at radius 3 is 2.42 bits per heavy atom. The summed E-state index contributed by atoms with van der Waals surface area (Å²) in [6, 6.07) is 11.4. The van der Waals surface area contributed by atoms with Crippen LogP contribution >= 0.6 is 0 Å². The zero-order chi connectivity index (χ0) is 31.6. The number of benzene rings is 1. The molecule has 12 nitrogen and oxygen atoms in total. The van der Waals surface area contributed by atoms with E-state index in [-0.39, 0.29) is 37.2 Å². The second-order valence-corrected chi connectivity index (χ2v) is 19.4. The second-order valence-electron chi connectivity index (χ2n) is 11.8. The van der Waals surface area contributed by atoms with Crippen LogP contribution in [0.1, 0.15) is 13.3 Å². The van der Waals surface area contributed by atoms with Crippen molar-refractivity contribution < 1.29 is 27.1 Å². The third-order valence-corrected chi connectivity index (χ3v) is 11.0. The number of hydrogen-bond acceptors (Lipinski definition) is 9. The number of furan rings is 1. The van der Waals surface area contributed by atoms with Gasteiger partial charge in [-0.15, -0.1) is 16.8 Å². The van der Waals surface area contributed by atoms with Crippen molar-refractivity contribution in [3.8, 4) is 34.8 Å². The van der Waals surface area contributed by atoms with E-state index >= 15 is 0 Å². The zero-order valence-electron chi connectivity index (χ0n) is 25.4. The summed E-state index contributed by atoms with van der Waals surface area (Å²) in [5.74, 6) is 0.132. The molecule has 3 heterocycles. The number of likely N-dealkylation sites (tertiary alicyclic amines) is 1. The molecule has 1 aliphatic heterocycles. The van der Waals surface area contributed by atoms with Gasteiger partial charge >= 0.3 is 0 Å². The predicted molar refractivity (Wildman–Crippen MR) is 165 cm³/mol. The van der Waals surface area contributed by atoms with Crippen LogP contribution in [-0.4, -0.2) is 80.7 Å². The van der Waals surface area contributed by atoms with Crippen molar-refractivity contribution in [1.82, 2.24) is 19.7 Å². The fourth-order valence-corrected chi connectivity index (χ4v) is 7.52. The molecule has 0 radical (unpaired) electrons. The first kappa shape index (κ1) is 31.8. The van der Waals surface area contributed by atoms with Crippen LogP contribution in [0.2, 0.25) is 25.7 Å². The van der Waals surface area contributed by atoms with Gasteiger partial charge in [0.1, 0.15) is 22.7 Å². The smallest absolute Gasteiger partial charge is 0.246 e. The van der Waals surface area contributed by atoms with E-state index in [0.717, 1.165) is 0 Å². The highest BCUT2D eigenvalue weighted by Crippen LogP contribution is 2.39. The molecule has 230 valence electrons. The minimum atomic E-state index is -4.13. The molecule has 2 aromatic heterocycles. The molecule has 0 spiro atoms. The lowest BCUT2D eigenvalue weighted by Crippen LogP contribution is -2.47. The average molecular weight is 627 g/mol. The van der Waals surface area contributed by atoms with Crippen LogP contribution in [0.25, 0.3) is 17.3 Å². The number of hydrogen-bond donors (Lipinski definition) is 0. The first-order valence-corrected chi connectivity index (χ1v) is 19.2. The van der Waals surface area contributed by atoms with E-state index in [1.54, 1.807) is 41.8 Å². The van der Waals surface area contributed by atoms with Crippen molar-refractivity contribution >= 4 is 30.0 Å². The van der Waals surface area contributed by atoms with Gasteiger partial charge in [-0.1, -0.05) is 31.8 Å². The molecule has 4 rings (SSSR count). The minimum absolute atomic E-state index is 0.0206. The maximum absolute atomic E-state index is 14.3.